The molecular weight excluding hydrogens is 329 g/mol. The van der Waals surface area contributed by atoms with Crippen LogP contribution in [-0.4, -0.2) is 37.5 Å². The summed E-state index contributed by atoms with van der Waals surface area (Å²) in [6, 6.07) is 3.92. The first-order valence-electron chi connectivity index (χ1n) is 6.65. The van der Waals surface area contributed by atoms with Crippen LogP contribution in [0.4, 0.5) is 0 Å². The van der Waals surface area contributed by atoms with Crippen LogP contribution in [-0.2, 0) is 4.79 Å². The van der Waals surface area contributed by atoms with Gasteiger partial charge >= 0.3 is 0 Å². The molecule has 0 saturated heterocycles. The molecule has 1 aromatic rings. The molecule has 1 aromatic heterocycles. The molecule has 7 heteroatoms. The van der Waals surface area contributed by atoms with Gasteiger partial charge in [0.15, 0.2) is 0 Å². The maximum absolute atomic E-state index is 11.9. The largest absolute Gasteiger partial charge is 0.353 e. The number of halogens is 2. The maximum Gasteiger partial charge on any atom is 0.236 e. The second-order valence-electron chi connectivity index (χ2n) is 5.48. The van der Waals surface area contributed by atoms with Crippen molar-refractivity contribution in [2.24, 2.45) is 11.7 Å². The average Bonchev–Trinajstić information content (AvgIpc) is 2.81. The number of nitrogens with zero attached hydrogens (tertiary/aromatic N) is 1. The topological polar surface area (TPSA) is 58.4 Å². The van der Waals surface area contributed by atoms with Crippen molar-refractivity contribution in [2.75, 3.05) is 20.6 Å². The molecule has 4 nitrogen and oxygen atoms in total. The number of thiophene rings is 1. The van der Waals surface area contributed by atoms with Gasteiger partial charge in [-0.05, 0) is 37.9 Å². The Kier molecular flexibility index (Phi) is 12.3. The Labute approximate surface area is 144 Å². The lowest BCUT2D eigenvalue weighted by Gasteiger charge is -2.24. The molecule has 3 N–H and O–H groups in total. The van der Waals surface area contributed by atoms with E-state index < -0.39 is 6.04 Å². The van der Waals surface area contributed by atoms with Gasteiger partial charge in [0.05, 0.1) is 12.1 Å². The number of nitrogens with two attached hydrogens (primary N) is 1. The van der Waals surface area contributed by atoms with Gasteiger partial charge in [0, 0.05) is 11.4 Å². The summed E-state index contributed by atoms with van der Waals surface area (Å²) in [5.74, 6) is 0.375. The SMILES string of the molecule is CC(C)C[C@H](N)C(=O)NCC(c1cccs1)N(C)C.Cl.Cl. The number of carbonyl (C=O) groups is 1. The van der Waals surface area contributed by atoms with Gasteiger partial charge < -0.3 is 16.0 Å². The third-order valence-corrected chi connectivity index (χ3v) is 4.00. The fraction of sp³-hybridized carbons (Fsp3) is 0.643. The molecule has 0 aliphatic carbocycles. The first-order chi connectivity index (χ1) is 8.91. The zero-order valence-electron chi connectivity index (χ0n) is 13.0. The average molecular weight is 356 g/mol. The Balaban J connectivity index is 0. The van der Waals surface area contributed by atoms with E-state index in [-0.39, 0.29) is 36.8 Å². The van der Waals surface area contributed by atoms with E-state index in [1.54, 1.807) is 11.3 Å². The van der Waals surface area contributed by atoms with Gasteiger partial charge in [-0.2, -0.15) is 0 Å². The Morgan fingerprint density at radius 1 is 1.38 bits per heavy atom. The van der Waals surface area contributed by atoms with Crippen LogP contribution in [0.25, 0.3) is 0 Å². The molecule has 2 atom stereocenters. The summed E-state index contributed by atoms with van der Waals surface area (Å²) in [6.07, 6.45) is 0.720. The highest BCUT2D eigenvalue weighted by Crippen LogP contribution is 2.22. The van der Waals surface area contributed by atoms with E-state index in [0.29, 0.717) is 12.5 Å². The van der Waals surface area contributed by atoms with Gasteiger partial charge in [0.25, 0.3) is 0 Å². The zero-order valence-corrected chi connectivity index (χ0v) is 15.5. The van der Waals surface area contributed by atoms with E-state index in [2.05, 4.69) is 35.5 Å². The molecule has 0 saturated carbocycles. The van der Waals surface area contributed by atoms with E-state index in [1.165, 1.54) is 4.88 Å². The van der Waals surface area contributed by atoms with Crippen molar-refractivity contribution >= 4 is 42.1 Å². The third-order valence-electron chi connectivity index (χ3n) is 3.03. The van der Waals surface area contributed by atoms with E-state index >= 15 is 0 Å². The number of hydrogen-bond acceptors (Lipinski definition) is 4. The highest BCUT2D eigenvalue weighted by molar-refractivity contribution is 7.10. The summed E-state index contributed by atoms with van der Waals surface area (Å²) in [5.41, 5.74) is 5.88. The first kappa shape index (κ1) is 22.9. The minimum absolute atomic E-state index is 0. The molecule has 1 rings (SSSR count). The molecule has 1 heterocycles. The van der Waals surface area contributed by atoms with Crippen LogP contribution in [0.1, 0.15) is 31.2 Å². The van der Waals surface area contributed by atoms with Gasteiger partial charge in [-0.25, -0.2) is 0 Å². The number of hydrogen-bond donors (Lipinski definition) is 2. The fourth-order valence-corrected chi connectivity index (χ4v) is 2.88. The van der Waals surface area contributed by atoms with E-state index in [1.807, 2.05) is 20.2 Å². The molecule has 0 bridgehead atoms. The highest BCUT2D eigenvalue weighted by atomic mass is 35.5. The molecule has 21 heavy (non-hydrogen) atoms. The van der Waals surface area contributed by atoms with Crippen molar-refractivity contribution in [1.82, 2.24) is 10.2 Å². The van der Waals surface area contributed by atoms with Crippen LogP contribution in [0.3, 0.4) is 0 Å². The van der Waals surface area contributed by atoms with Crippen molar-refractivity contribution < 1.29 is 4.79 Å². The van der Waals surface area contributed by atoms with Crippen molar-refractivity contribution in [1.29, 1.82) is 0 Å². The number of rotatable bonds is 7. The van der Waals surface area contributed by atoms with E-state index in [4.69, 9.17) is 5.73 Å². The van der Waals surface area contributed by atoms with Crippen LogP contribution in [0, 0.1) is 5.92 Å². The normalized spacial score (nSPS) is 13.3. The van der Waals surface area contributed by atoms with Crippen molar-refractivity contribution in [3.05, 3.63) is 22.4 Å². The Morgan fingerprint density at radius 3 is 2.43 bits per heavy atom. The monoisotopic (exact) mass is 355 g/mol. The lowest BCUT2D eigenvalue weighted by Crippen LogP contribution is -2.44. The first-order valence-corrected chi connectivity index (χ1v) is 7.53. The minimum atomic E-state index is -0.411. The fourth-order valence-electron chi connectivity index (χ4n) is 1.96. The summed E-state index contributed by atoms with van der Waals surface area (Å²) in [4.78, 5) is 15.3. The van der Waals surface area contributed by atoms with Gasteiger partial charge in [-0.15, -0.1) is 36.2 Å². The molecule has 0 aliphatic heterocycles. The van der Waals surface area contributed by atoms with Crippen LogP contribution in [0.15, 0.2) is 17.5 Å². The van der Waals surface area contributed by atoms with Crippen molar-refractivity contribution in [3.63, 3.8) is 0 Å². The molecular formula is C14H27Cl2N3OS. The summed E-state index contributed by atoms with van der Waals surface area (Å²) in [7, 11) is 4.04. The zero-order chi connectivity index (χ0) is 14.4. The summed E-state index contributed by atoms with van der Waals surface area (Å²) in [6.45, 7) is 4.74. The van der Waals surface area contributed by atoms with Gasteiger partial charge in [-0.1, -0.05) is 19.9 Å². The molecule has 0 aliphatic rings. The van der Waals surface area contributed by atoms with Crippen LogP contribution >= 0.6 is 36.2 Å². The quantitative estimate of drug-likeness (QED) is 0.790. The number of amides is 1. The molecule has 0 fully saturated rings. The van der Waals surface area contributed by atoms with Crippen LogP contribution in [0.5, 0.6) is 0 Å². The molecule has 0 radical (unpaired) electrons. The van der Waals surface area contributed by atoms with Crippen molar-refractivity contribution in [2.45, 2.75) is 32.4 Å². The molecule has 124 valence electrons. The third kappa shape index (κ3) is 8.02. The molecule has 1 unspecified atom stereocenters. The van der Waals surface area contributed by atoms with Gasteiger partial charge in [-0.3, -0.25) is 4.79 Å². The number of carbonyl (C=O) groups excluding carboxylic acids is 1. The lowest BCUT2D eigenvalue weighted by atomic mass is 10.0. The smallest absolute Gasteiger partial charge is 0.236 e. The lowest BCUT2D eigenvalue weighted by molar-refractivity contribution is -0.122. The van der Waals surface area contributed by atoms with Gasteiger partial charge in [0.2, 0.25) is 5.91 Å². The molecule has 0 spiro atoms. The molecule has 1 amide bonds. The van der Waals surface area contributed by atoms with E-state index in [9.17, 15) is 4.79 Å². The second-order valence-corrected chi connectivity index (χ2v) is 6.46. The van der Waals surface area contributed by atoms with Crippen LogP contribution in [0.2, 0.25) is 0 Å². The minimum Gasteiger partial charge on any atom is -0.353 e. The Hall–Kier alpha value is -0.330. The van der Waals surface area contributed by atoms with Gasteiger partial charge in [0.1, 0.15) is 0 Å². The predicted octanol–water partition coefficient (Wildman–Crippen LogP) is 2.68. The summed E-state index contributed by atoms with van der Waals surface area (Å²) >= 11 is 1.71. The predicted molar refractivity (Wildman–Crippen MR) is 95.7 cm³/mol. The number of likely N-dealkylation sites (N-methyl/N-ethyl adjacent to an activating group) is 1. The Bertz CT molecular complexity index is 386. The maximum atomic E-state index is 11.9. The number of nitrogens with one attached hydrogen (secondary N) is 1. The highest BCUT2D eigenvalue weighted by Gasteiger charge is 2.19. The second kappa shape index (κ2) is 11.3. The van der Waals surface area contributed by atoms with Crippen LogP contribution < -0.4 is 11.1 Å². The standard InChI is InChI=1S/C14H25N3OS.2ClH/c1-10(2)8-11(15)14(18)16-9-12(17(3)4)13-6-5-7-19-13;;/h5-7,10-12H,8-9,15H2,1-4H3,(H,16,18);2*1H/t11-,12?;;/m0../s1. The Morgan fingerprint density at radius 2 is 2.00 bits per heavy atom. The molecule has 0 aromatic carbocycles. The summed E-state index contributed by atoms with van der Waals surface area (Å²) in [5, 5.41) is 5.01. The van der Waals surface area contributed by atoms with E-state index in [0.717, 1.165) is 6.42 Å². The van der Waals surface area contributed by atoms with Crippen molar-refractivity contribution in [3.8, 4) is 0 Å². The summed E-state index contributed by atoms with van der Waals surface area (Å²) < 4.78 is 0.